The summed E-state index contributed by atoms with van der Waals surface area (Å²) < 4.78 is 12.5. The Morgan fingerprint density at radius 1 is 1.11 bits per heavy atom. The van der Waals surface area contributed by atoms with Gasteiger partial charge in [0.1, 0.15) is 24.0 Å². The zero-order chi connectivity index (χ0) is 24.5. The molecule has 0 unspecified atom stereocenters. The van der Waals surface area contributed by atoms with Gasteiger partial charge in [-0.25, -0.2) is 4.98 Å². The fourth-order valence-electron chi connectivity index (χ4n) is 4.09. The molecule has 1 fully saturated rings. The highest BCUT2D eigenvalue weighted by Gasteiger charge is 2.47. The van der Waals surface area contributed by atoms with Crippen molar-refractivity contribution in [1.82, 2.24) is 24.7 Å². The fourth-order valence-corrected chi connectivity index (χ4v) is 4.26. The molecule has 1 aliphatic heterocycles. The lowest BCUT2D eigenvalue weighted by Gasteiger charge is -2.18. The molecule has 4 heterocycles. The molecule has 5 atom stereocenters. The summed E-state index contributed by atoms with van der Waals surface area (Å²) in [5.41, 5.74) is 1.90. The quantitative estimate of drug-likeness (QED) is 0.217. The number of hydrogen-bond acceptors (Lipinski definition) is 11. The van der Waals surface area contributed by atoms with E-state index in [4.69, 9.17) is 20.9 Å². The molecule has 0 radical (unpaired) electrons. The Balaban J connectivity index is 1.43. The van der Waals surface area contributed by atoms with Gasteiger partial charge in [0.15, 0.2) is 29.0 Å². The van der Waals surface area contributed by atoms with Crippen molar-refractivity contribution in [2.24, 2.45) is 0 Å². The van der Waals surface area contributed by atoms with E-state index in [0.717, 1.165) is 5.56 Å². The molecule has 0 amide bonds. The van der Waals surface area contributed by atoms with Crippen LogP contribution in [0.4, 0.5) is 5.82 Å². The van der Waals surface area contributed by atoms with Gasteiger partial charge >= 0.3 is 0 Å². The minimum absolute atomic E-state index is 0.0782. The zero-order valence-electron chi connectivity index (χ0n) is 18.3. The standard InChI is InChI=1S/C22H23ClN6O6/c23-22-26-19(25-12(8-30)6-11-4-2-1-3-5-11)15-20(27-22)29(10-24-15)21-17(33)16(32)18(34-21)14-7-13(9-31)28-35-14/h1-5,7,10,12,16-18,21,30-33H,6,8-9H2,(H,25,26,27)/t12-,16-,17+,18+,21+/m0/s1. The fraction of sp³-hybridized carbons (Fsp3) is 0.364. The van der Waals surface area contributed by atoms with Gasteiger partial charge in [0.2, 0.25) is 5.28 Å². The lowest BCUT2D eigenvalue weighted by molar-refractivity contribution is -0.0434. The monoisotopic (exact) mass is 502 g/mol. The van der Waals surface area contributed by atoms with Crippen LogP contribution >= 0.6 is 11.6 Å². The Morgan fingerprint density at radius 2 is 1.91 bits per heavy atom. The first-order chi connectivity index (χ1) is 17.0. The van der Waals surface area contributed by atoms with Gasteiger partial charge in [-0.1, -0.05) is 35.5 Å². The molecule has 4 aromatic rings. The SMILES string of the molecule is OCc1cc([C@H]2O[C@@H](n3cnc4c(N[C@H](CO)Cc5ccccc5)nc(Cl)nc43)[C@H](O)[C@@H]2O)on1. The number of imidazole rings is 1. The van der Waals surface area contributed by atoms with E-state index < -0.39 is 24.5 Å². The third-order valence-corrected chi connectivity index (χ3v) is 5.98. The van der Waals surface area contributed by atoms with Crippen LogP contribution in [0.2, 0.25) is 5.28 Å². The lowest BCUT2D eigenvalue weighted by Crippen LogP contribution is -2.29. The smallest absolute Gasteiger partial charge is 0.226 e. The lowest BCUT2D eigenvalue weighted by atomic mass is 10.1. The van der Waals surface area contributed by atoms with Crippen molar-refractivity contribution in [2.75, 3.05) is 11.9 Å². The highest BCUT2D eigenvalue weighted by molar-refractivity contribution is 6.28. The second-order valence-corrected chi connectivity index (χ2v) is 8.52. The summed E-state index contributed by atoms with van der Waals surface area (Å²) in [5, 5.41) is 47.2. The van der Waals surface area contributed by atoms with Crippen molar-refractivity contribution >= 4 is 28.6 Å². The van der Waals surface area contributed by atoms with Crippen molar-refractivity contribution in [2.45, 2.75) is 43.6 Å². The van der Waals surface area contributed by atoms with Gasteiger partial charge in [-0.3, -0.25) is 4.57 Å². The molecule has 5 N–H and O–H groups in total. The van der Waals surface area contributed by atoms with E-state index in [1.54, 1.807) is 0 Å². The number of rotatable bonds is 8. The van der Waals surface area contributed by atoms with Gasteiger partial charge in [-0.15, -0.1) is 0 Å². The number of aliphatic hydroxyl groups is 4. The number of anilines is 1. The molecule has 3 aromatic heterocycles. The minimum atomic E-state index is -1.35. The summed E-state index contributed by atoms with van der Waals surface area (Å²) in [5.74, 6) is 0.468. The summed E-state index contributed by atoms with van der Waals surface area (Å²) in [4.78, 5) is 12.8. The van der Waals surface area contributed by atoms with Gasteiger partial charge in [0, 0.05) is 6.07 Å². The summed E-state index contributed by atoms with van der Waals surface area (Å²) in [7, 11) is 0. The van der Waals surface area contributed by atoms with Gasteiger partial charge in [-0.05, 0) is 23.6 Å². The predicted molar refractivity (Wildman–Crippen MR) is 122 cm³/mol. The summed E-state index contributed by atoms with van der Waals surface area (Å²) in [6.45, 7) is -0.501. The molecule has 1 aliphatic rings. The number of halogens is 1. The Labute approximate surface area is 203 Å². The highest BCUT2D eigenvalue weighted by atomic mass is 35.5. The second-order valence-electron chi connectivity index (χ2n) is 8.19. The van der Waals surface area contributed by atoms with E-state index in [9.17, 15) is 20.4 Å². The van der Waals surface area contributed by atoms with Crippen molar-refractivity contribution in [3.05, 3.63) is 65.0 Å². The minimum Gasteiger partial charge on any atom is -0.394 e. The molecule has 0 spiro atoms. The number of hydrogen-bond donors (Lipinski definition) is 5. The number of aliphatic hydroxyl groups excluding tert-OH is 4. The maximum absolute atomic E-state index is 10.7. The third kappa shape index (κ3) is 4.59. The van der Waals surface area contributed by atoms with Crippen molar-refractivity contribution in [3.8, 4) is 0 Å². The van der Waals surface area contributed by atoms with E-state index in [1.807, 2.05) is 30.3 Å². The van der Waals surface area contributed by atoms with Crippen LogP contribution in [-0.4, -0.2) is 70.0 Å². The molecule has 0 aliphatic carbocycles. The van der Waals surface area contributed by atoms with E-state index in [2.05, 4.69) is 25.4 Å². The summed E-state index contributed by atoms with van der Waals surface area (Å²) in [6, 6.07) is 10.7. The second kappa shape index (κ2) is 9.85. The molecular weight excluding hydrogens is 480 g/mol. The van der Waals surface area contributed by atoms with Crippen LogP contribution in [0.25, 0.3) is 11.2 Å². The Kier molecular flexibility index (Phi) is 6.65. The Morgan fingerprint density at radius 3 is 2.63 bits per heavy atom. The van der Waals surface area contributed by atoms with Gasteiger partial charge < -0.3 is 35.0 Å². The highest BCUT2D eigenvalue weighted by Crippen LogP contribution is 2.40. The summed E-state index contributed by atoms with van der Waals surface area (Å²) >= 11 is 6.19. The average Bonchev–Trinajstić information content (AvgIpc) is 3.57. The Hall–Kier alpha value is -3.13. The predicted octanol–water partition coefficient (Wildman–Crippen LogP) is 0.967. The molecule has 12 nitrogen and oxygen atoms in total. The average molecular weight is 503 g/mol. The molecule has 0 bridgehead atoms. The van der Waals surface area contributed by atoms with Crippen molar-refractivity contribution < 1.29 is 29.7 Å². The maximum Gasteiger partial charge on any atom is 0.226 e. The molecule has 0 saturated carbocycles. The number of benzene rings is 1. The van der Waals surface area contributed by atoms with E-state index in [1.165, 1.54) is 17.0 Å². The molecular formula is C22H23ClN6O6. The topological polar surface area (TPSA) is 172 Å². The molecule has 35 heavy (non-hydrogen) atoms. The van der Waals surface area contributed by atoms with Gasteiger partial charge in [0.25, 0.3) is 0 Å². The first kappa shape index (κ1) is 23.6. The van der Waals surface area contributed by atoms with Gasteiger partial charge in [0.05, 0.1) is 25.6 Å². The largest absolute Gasteiger partial charge is 0.394 e. The molecule has 1 aromatic carbocycles. The van der Waals surface area contributed by atoms with E-state index in [0.29, 0.717) is 17.8 Å². The molecule has 1 saturated heterocycles. The van der Waals surface area contributed by atoms with Crippen LogP contribution in [0.5, 0.6) is 0 Å². The Bertz CT molecular complexity index is 1300. The van der Waals surface area contributed by atoms with E-state index in [-0.39, 0.29) is 41.6 Å². The number of fused-ring (bicyclic) bond motifs is 1. The van der Waals surface area contributed by atoms with E-state index >= 15 is 0 Å². The summed E-state index contributed by atoms with van der Waals surface area (Å²) in [6.07, 6.45) is -2.86. The van der Waals surface area contributed by atoms with Crippen LogP contribution < -0.4 is 5.32 Å². The van der Waals surface area contributed by atoms with Crippen molar-refractivity contribution in [1.29, 1.82) is 0 Å². The maximum atomic E-state index is 10.7. The number of ether oxygens (including phenoxy) is 1. The molecule has 184 valence electrons. The number of aromatic nitrogens is 5. The molecule has 13 heteroatoms. The van der Waals surface area contributed by atoms with Crippen LogP contribution in [0.15, 0.2) is 47.2 Å². The first-order valence-electron chi connectivity index (χ1n) is 10.9. The normalized spacial score (nSPS) is 23.1. The first-order valence-corrected chi connectivity index (χ1v) is 11.3. The van der Waals surface area contributed by atoms with Crippen molar-refractivity contribution in [3.63, 3.8) is 0 Å². The molecule has 5 rings (SSSR count). The van der Waals surface area contributed by atoms with Crippen LogP contribution in [0, 0.1) is 0 Å². The number of nitrogens with one attached hydrogen (secondary N) is 1. The van der Waals surface area contributed by atoms with Crippen LogP contribution in [0.1, 0.15) is 29.3 Å². The third-order valence-electron chi connectivity index (χ3n) is 5.81. The van der Waals surface area contributed by atoms with Gasteiger partial charge in [-0.2, -0.15) is 9.97 Å². The van der Waals surface area contributed by atoms with Crippen LogP contribution in [-0.2, 0) is 17.8 Å². The number of nitrogens with zero attached hydrogens (tertiary/aromatic N) is 5. The van der Waals surface area contributed by atoms with Crippen LogP contribution in [0.3, 0.4) is 0 Å². The zero-order valence-corrected chi connectivity index (χ0v) is 19.0.